The van der Waals surface area contributed by atoms with E-state index in [9.17, 15) is 13.2 Å². The van der Waals surface area contributed by atoms with Gasteiger partial charge < -0.3 is 5.11 Å². The second-order valence-corrected chi connectivity index (χ2v) is 6.62. The third-order valence-corrected chi connectivity index (χ3v) is 4.50. The SMILES string of the molecule is OCc1cccc(/C=C/C=N/Nc2nc(-c3ccc(C(F)(F)F)cc3)cs2)c1. The molecule has 0 radical (unpaired) electrons. The first-order valence-corrected chi connectivity index (χ1v) is 9.12. The number of aliphatic hydroxyl groups is 1. The van der Waals surface area contributed by atoms with E-state index >= 15 is 0 Å². The first-order chi connectivity index (χ1) is 13.5. The number of halogens is 3. The Morgan fingerprint density at radius 3 is 2.64 bits per heavy atom. The van der Waals surface area contributed by atoms with Crippen molar-refractivity contribution >= 4 is 28.8 Å². The summed E-state index contributed by atoms with van der Waals surface area (Å²) in [5.41, 5.74) is 5.05. The van der Waals surface area contributed by atoms with Crippen molar-refractivity contribution in [3.63, 3.8) is 0 Å². The Balaban J connectivity index is 1.58. The Kier molecular flexibility index (Phi) is 6.23. The number of anilines is 1. The molecule has 0 aliphatic heterocycles. The molecule has 8 heteroatoms. The lowest BCUT2D eigenvalue weighted by Gasteiger charge is -2.06. The van der Waals surface area contributed by atoms with Crippen LogP contribution in [-0.4, -0.2) is 16.3 Å². The van der Waals surface area contributed by atoms with Crippen LogP contribution < -0.4 is 5.43 Å². The zero-order valence-electron chi connectivity index (χ0n) is 14.5. The van der Waals surface area contributed by atoms with E-state index in [1.165, 1.54) is 23.5 Å². The summed E-state index contributed by atoms with van der Waals surface area (Å²) in [6, 6.07) is 12.3. The molecule has 0 fully saturated rings. The van der Waals surface area contributed by atoms with Crippen LogP contribution in [0.4, 0.5) is 18.3 Å². The summed E-state index contributed by atoms with van der Waals surface area (Å²) in [7, 11) is 0. The molecule has 4 nitrogen and oxygen atoms in total. The number of nitrogens with one attached hydrogen (secondary N) is 1. The van der Waals surface area contributed by atoms with Gasteiger partial charge in [-0.05, 0) is 35.4 Å². The fourth-order valence-corrected chi connectivity index (χ4v) is 3.04. The summed E-state index contributed by atoms with van der Waals surface area (Å²) >= 11 is 1.30. The normalized spacial score (nSPS) is 12.1. The van der Waals surface area contributed by atoms with Crippen LogP contribution in [0.25, 0.3) is 17.3 Å². The number of allylic oxidation sites excluding steroid dienone is 1. The highest BCUT2D eigenvalue weighted by molar-refractivity contribution is 7.14. The molecule has 2 N–H and O–H groups in total. The Bertz CT molecular complexity index is 979. The largest absolute Gasteiger partial charge is 0.416 e. The molecule has 0 aliphatic carbocycles. The molecule has 2 aromatic carbocycles. The summed E-state index contributed by atoms with van der Waals surface area (Å²) in [6.45, 7) is -0.0113. The minimum absolute atomic E-state index is 0.0113. The van der Waals surface area contributed by atoms with Crippen molar-refractivity contribution in [2.24, 2.45) is 5.10 Å². The summed E-state index contributed by atoms with van der Waals surface area (Å²) in [5, 5.41) is 15.4. The van der Waals surface area contributed by atoms with Crippen LogP contribution in [0.1, 0.15) is 16.7 Å². The fourth-order valence-electron chi connectivity index (χ4n) is 2.37. The van der Waals surface area contributed by atoms with Crippen LogP contribution in [0.2, 0.25) is 0 Å². The molecule has 0 spiro atoms. The lowest BCUT2D eigenvalue weighted by molar-refractivity contribution is -0.137. The minimum Gasteiger partial charge on any atom is -0.392 e. The third-order valence-electron chi connectivity index (χ3n) is 3.76. The van der Waals surface area contributed by atoms with Crippen molar-refractivity contribution in [1.82, 2.24) is 4.98 Å². The molecule has 0 amide bonds. The zero-order chi connectivity index (χ0) is 20.0. The second-order valence-electron chi connectivity index (χ2n) is 5.77. The van der Waals surface area contributed by atoms with E-state index in [-0.39, 0.29) is 6.61 Å². The molecule has 0 atom stereocenters. The van der Waals surface area contributed by atoms with E-state index in [2.05, 4.69) is 15.5 Å². The molecule has 1 aromatic heterocycles. The maximum absolute atomic E-state index is 12.6. The summed E-state index contributed by atoms with van der Waals surface area (Å²) in [6.07, 6.45) is 0.799. The van der Waals surface area contributed by atoms with Gasteiger partial charge in [-0.1, -0.05) is 36.4 Å². The van der Waals surface area contributed by atoms with Gasteiger partial charge in [-0.2, -0.15) is 18.3 Å². The Morgan fingerprint density at radius 2 is 1.93 bits per heavy atom. The summed E-state index contributed by atoms with van der Waals surface area (Å²) in [5.74, 6) is 0. The van der Waals surface area contributed by atoms with Gasteiger partial charge in [0.15, 0.2) is 0 Å². The minimum atomic E-state index is -4.35. The third kappa shape index (κ3) is 5.28. The standard InChI is InChI=1S/C20H16F3N3OS/c21-20(22,23)17-8-6-16(7-9-17)18-13-28-19(25-18)26-24-10-2-5-14-3-1-4-15(11-14)12-27/h1-11,13,27H,12H2,(H,25,26)/b5-2+,24-10+. The lowest BCUT2D eigenvalue weighted by Crippen LogP contribution is -2.03. The molecule has 28 heavy (non-hydrogen) atoms. The van der Waals surface area contributed by atoms with Crippen LogP contribution in [0, 0.1) is 0 Å². The second kappa shape index (κ2) is 8.81. The Labute approximate surface area is 163 Å². The molecular weight excluding hydrogens is 387 g/mol. The van der Waals surface area contributed by atoms with Gasteiger partial charge in [0, 0.05) is 17.2 Å². The maximum Gasteiger partial charge on any atom is 0.416 e. The molecule has 0 aliphatic rings. The number of rotatable bonds is 6. The molecule has 3 aromatic rings. The predicted octanol–water partition coefficient (Wildman–Crippen LogP) is 5.43. The van der Waals surface area contributed by atoms with Crippen LogP contribution in [0.5, 0.6) is 0 Å². The molecule has 0 unspecified atom stereocenters. The van der Waals surface area contributed by atoms with E-state index < -0.39 is 11.7 Å². The van der Waals surface area contributed by atoms with Gasteiger partial charge >= 0.3 is 6.18 Å². The number of hydrogen-bond acceptors (Lipinski definition) is 5. The fraction of sp³-hybridized carbons (Fsp3) is 0.100. The monoisotopic (exact) mass is 403 g/mol. The number of aliphatic hydroxyl groups excluding tert-OH is 1. The number of hydrazone groups is 1. The predicted molar refractivity (Wildman–Crippen MR) is 106 cm³/mol. The van der Waals surface area contributed by atoms with Crippen LogP contribution in [0.15, 0.2) is 65.1 Å². The van der Waals surface area contributed by atoms with E-state index in [0.717, 1.165) is 23.3 Å². The molecule has 144 valence electrons. The number of hydrogen-bond donors (Lipinski definition) is 2. The first kappa shape index (κ1) is 19.8. The number of benzene rings is 2. The van der Waals surface area contributed by atoms with Crippen molar-refractivity contribution in [3.05, 3.63) is 76.7 Å². The van der Waals surface area contributed by atoms with E-state index in [1.54, 1.807) is 17.7 Å². The molecule has 1 heterocycles. The van der Waals surface area contributed by atoms with Crippen LogP contribution in [0.3, 0.4) is 0 Å². The highest BCUT2D eigenvalue weighted by atomic mass is 32.1. The van der Waals surface area contributed by atoms with Gasteiger partial charge in [-0.15, -0.1) is 11.3 Å². The topological polar surface area (TPSA) is 57.5 Å². The number of alkyl halides is 3. The first-order valence-electron chi connectivity index (χ1n) is 8.24. The number of aromatic nitrogens is 1. The van der Waals surface area contributed by atoms with Gasteiger partial charge in [0.1, 0.15) is 0 Å². The van der Waals surface area contributed by atoms with Crippen molar-refractivity contribution in [2.75, 3.05) is 5.43 Å². The summed E-state index contributed by atoms with van der Waals surface area (Å²) in [4.78, 5) is 4.31. The number of nitrogens with zero attached hydrogens (tertiary/aromatic N) is 2. The summed E-state index contributed by atoms with van der Waals surface area (Å²) < 4.78 is 37.9. The van der Waals surface area contributed by atoms with Crippen molar-refractivity contribution < 1.29 is 18.3 Å². The van der Waals surface area contributed by atoms with Crippen LogP contribution >= 0.6 is 11.3 Å². The Morgan fingerprint density at radius 1 is 1.14 bits per heavy atom. The van der Waals surface area contributed by atoms with Gasteiger partial charge in [0.2, 0.25) is 5.13 Å². The van der Waals surface area contributed by atoms with Gasteiger partial charge in [0.25, 0.3) is 0 Å². The van der Waals surface area contributed by atoms with Crippen LogP contribution in [-0.2, 0) is 12.8 Å². The van der Waals surface area contributed by atoms with Gasteiger partial charge in [-0.25, -0.2) is 4.98 Å². The number of thiazole rings is 1. The van der Waals surface area contributed by atoms with E-state index in [0.29, 0.717) is 16.4 Å². The van der Waals surface area contributed by atoms with Crippen molar-refractivity contribution in [2.45, 2.75) is 12.8 Å². The average Bonchev–Trinajstić information content (AvgIpc) is 3.16. The molecule has 0 saturated heterocycles. The van der Waals surface area contributed by atoms with Crippen molar-refractivity contribution in [3.8, 4) is 11.3 Å². The highest BCUT2D eigenvalue weighted by Crippen LogP contribution is 2.31. The van der Waals surface area contributed by atoms with Gasteiger partial charge in [-0.3, -0.25) is 5.43 Å². The smallest absolute Gasteiger partial charge is 0.392 e. The molecule has 3 rings (SSSR count). The Hall–Kier alpha value is -2.97. The van der Waals surface area contributed by atoms with E-state index in [4.69, 9.17) is 5.11 Å². The highest BCUT2D eigenvalue weighted by Gasteiger charge is 2.30. The maximum atomic E-state index is 12.6. The molecule has 0 saturated carbocycles. The molecule has 0 bridgehead atoms. The quantitative estimate of drug-likeness (QED) is 0.426. The average molecular weight is 403 g/mol. The van der Waals surface area contributed by atoms with E-state index in [1.807, 2.05) is 30.3 Å². The van der Waals surface area contributed by atoms with Gasteiger partial charge in [0.05, 0.1) is 17.9 Å². The lowest BCUT2D eigenvalue weighted by atomic mass is 10.1. The molecular formula is C20H16F3N3OS. The van der Waals surface area contributed by atoms with Crippen molar-refractivity contribution in [1.29, 1.82) is 0 Å². The zero-order valence-corrected chi connectivity index (χ0v) is 15.3.